The number of carbonyl (C=O) groups is 2. The molecular formula is C19H26O4. The van der Waals surface area contributed by atoms with Crippen molar-refractivity contribution in [1.29, 1.82) is 0 Å². The summed E-state index contributed by atoms with van der Waals surface area (Å²) in [5.74, 6) is -0.430. The molecule has 0 aromatic heterocycles. The number of hydrogen-bond donors (Lipinski definition) is 1. The van der Waals surface area contributed by atoms with Crippen LogP contribution >= 0.6 is 0 Å². The molecule has 0 aromatic carbocycles. The number of Topliss-reactive ketones (excluding diaryl/α,β-unsaturated/α-hetero) is 1. The Bertz CT molecular complexity index is 605. The Hall–Kier alpha value is -1.68. The molecule has 0 unspecified atom stereocenters. The lowest BCUT2D eigenvalue weighted by Gasteiger charge is -2.14. The van der Waals surface area contributed by atoms with Crippen molar-refractivity contribution in [3.8, 4) is 0 Å². The number of rotatable bonds is 5. The smallest absolute Gasteiger partial charge is 0.310 e. The maximum atomic E-state index is 12.5. The number of allylic oxidation sites excluding steroid dienone is 2. The Kier molecular flexibility index (Phi) is 4.67. The van der Waals surface area contributed by atoms with Gasteiger partial charge in [-0.2, -0.15) is 0 Å². The van der Waals surface area contributed by atoms with Crippen molar-refractivity contribution in [2.24, 2.45) is 17.3 Å². The van der Waals surface area contributed by atoms with Gasteiger partial charge in [-0.3, -0.25) is 9.59 Å². The average molecular weight is 318 g/mol. The van der Waals surface area contributed by atoms with Crippen LogP contribution in [0.3, 0.4) is 0 Å². The molecule has 126 valence electrons. The van der Waals surface area contributed by atoms with Crippen LogP contribution in [0.4, 0.5) is 0 Å². The van der Waals surface area contributed by atoms with E-state index in [0.717, 1.165) is 0 Å². The van der Waals surface area contributed by atoms with Crippen LogP contribution in [0.5, 0.6) is 0 Å². The van der Waals surface area contributed by atoms with E-state index in [9.17, 15) is 14.7 Å². The Morgan fingerprint density at radius 3 is 2.57 bits per heavy atom. The second kappa shape index (κ2) is 6.08. The van der Waals surface area contributed by atoms with E-state index < -0.39 is 12.2 Å². The van der Waals surface area contributed by atoms with Gasteiger partial charge in [-0.05, 0) is 37.7 Å². The molecule has 0 radical (unpaired) electrons. The minimum atomic E-state index is -0.998. The number of ether oxygens (including phenoxy) is 1. The van der Waals surface area contributed by atoms with E-state index in [2.05, 4.69) is 26.5 Å². The Labute approximate surface area is 137 Å². The van der Waals surface area contributed by atoms with E-state index in [1.165, 1.54) is 11.6 Å². The monoisotopic (exact) mass is 318 g/mol. The molecule has 4 heteroatoms. The normalized spacial score (nSPS) is 30.0. The van der Waals surface area contributed by atoms with E-state index in [-0.39, 0.29) is 35.4 Å². The summed E-state index contributed by atoms with van der Waals surface area (Å²) in [5, 5.41) is 9.85. The molecule has 23 heavy (non-hydrogen) atoms. The highest BCUT2D eigenvalue weighted by Gasteiger charge is 2.61. The van der Waals surface area contributed by atoms with E-state index in [1.54, 1.807) is 6.92 Å². The molecule has 0 aromatic rings. The van der Waals surface area contributed by atoms with Gasteiger partial charge in [-0.25, -0.2) is 0 Å². The van der Waals surface area contributed by atoms with Gasteiger partial charge in [0.25, 0.3) is 0 Å². The number of carbonyl (C=O) groups excluding carboxylic acids is 2. The van der Waals surface area contributed by atoms with Gasteiger partial charge in [-0.15, -0.1) is 6.58 Å². The summed E-state index contributed by atoms with van der Waals surface area (Å²) in [7, 11) is 0. The number of esters is 1. The van der Waals surface area contributed by atoms with Gasteiger partial charge in [0, 0.05) is 5.57 Å². The van der Waals surface area contributed by atoms with Crippen molar-refractivity contribution in [3.63, 3.8) is 0 Å². The summed E-state index contributed by atoms with van der Waals surface area (Å²) < 4.78 is 5.60. The molecule has 1 N–H and O–H groups in total. The van der Waals surface area contributed by atoms with Crippen LogP contribution in [0.25, 0.3) is 0 Å². The molecule has 0 amide bonds. The first-order chi connectivity index (χ1) is 10.6. The van der Waals surface area contributed by atoms with Crippen molar-refractivity contribution in [1.82, 2.24) is 0 Å². The Morgan fingerprint density at radius 1 is 1.43 bits per heavy atom. The fourth-order valence-electron chi connectivity index (χ4n) is 3.48. The second-order valence-electron chi connectivity index (χ2n) is 7.40. The molecule has 4 atom stereocenters. The van der Waals surface area contributed by atoms with Crippen LogP contribution in [0, 0.1) is 17.3 Å². The molecule has 0 aliphatic heterocycles. The first kappa shape index (κ1) is 17.7. The summed E-state index contributed by atoms with van der Waals surface area (Å²) in [5.41, 5.74) is 2.02. The van der Waals surface area contributed by atoms with Crippen molar-refractivity contribution >= 4 is 11.8 Å². The van der Waals surface area contributed by atoms with Gasteiger partial charge < -0.3 is 9.84 Å². The van der Waals surface area contributed by atoms with Crippen molar-refractivity contribution in [2.75, 3.05) is 0 Å². The van der Waals surface area contributed by atoms with Gasteiger partial charge >= 0.3 is 5.97 Å². The van der Waals surface area contributed by atoms with Crippen LogP contribution in [-0.4, -0.2) is 29.1 Å². The first-order valence-electron chi connectivity index (χ1n) is 8.01. The zero-order chi connectivity index (χ0) is 17.5. The Morgan fingerprint density at radius 2 is 2.04 bits per heavy atom. The zero-order valence-corrected chi connectivity index (χ0v) is 14.6. The molecule has 0 heterocycles. The van der Waals surface area contributed by atoms with Crippen LogP contribution in [-0.2, 0) is 14.3 Å². The van der Waals surface area contributed by atoms with Crippen LogP contribution < -0.4 is 0 Å². The second-order valence-corrected chi connectivity index (χ2v) is 7.40. The minimum Gasteiger partial charge on any atom is -0.457 e. The minimum absolute atomic E-state index is 0.109. The maximum absolute atomic E-state index is 12.5. The predicted molar refractivity (Wildman–Crippen MR) is 88.6 cm³/mol. The summed E-state index contributed by atoms with van der Waals surface area (Å²) in [6.45, 7) is 13.4. The predicted octanol–water partition coefficient (Wildman–Crippen LogP) is 2.97. The lowest BCUT2D eigenvalue weighted by atomic mass is 10.1. The highest BCUT2D eigenvalue weighted by atomic mass is 16.5. The van der Waals surface area contributed by atoms with Gasteiger partial charge in [0.1, 0.15) is 12.2 Å². The van der Waals surface area contributed by atoms with E-state index in [0.29, 0.717) is 11.1 Å². The fourth-order valence-corrected chi connectivity index (χ4v) is 3.48. The molecular weight excluding hydrogens is 292 g/mol. The molecule has 1 fully saturated rings. The van der Waals surface area contributed by atoms with E-state index >= 15 is 0 Å². The standard InChI is InChI=1S/C19H26O4/c1-7-13(20)16-11(4)15(9-14(16)21)23-18(22)17-12(8-10(2)3)19(17,5)6/h7-8,12-13,15,17,20H,1,9H2,2-6H3/t12-,13+,15+,17+/m1/s1. The largest absolute Gasteiger partial charge is 0.457 e. The average Bonchev–Trinajstić information content (AvgIpc) is 2.84. The van der Waals surface area contributed by atoms with Crippen molar-refractivity contribution in [3.05, 3.63) is 35.5 Å². The van der Waals surface area contributed by atoms with Crippen molar-refractivity contribution in [2.45, 2.75) is 53.2 Å². The summed E-state index contributed by atoms with van der Waals surface area (Å²) >= 11 is 0. The fraction of sp³-hybridized carbons (Fsp3) is 0.579. The quantitative estimate of drug-likeness (QED) is 0.625. The summed E-state index contributed by atoms with van der Waals surface area (Å²) in [4.78, 5) is 24.5. The number of aliphatic hydroxyl groups is 1. The van der Waals surface area contributed by atoms with Crippen LogP contribution in [0.1, 0.15) is 41.0 Å². The molecule has 2 aliphatic rings. The molecule has 0 spiro atoms. The third-order valence-electron chi connectivity index (χ3n) is 5.03. The van der Waals surface area contributed by atoms with Crippen LogP contribution in [0.15, 0.2) is 35.5 Å². The summed E-state index contributed by atoms with van der Waals surface area (Å²) in [6, 6.07) is 0. The lowest BCUT2D eigenvalue weighted by molar-refractivity contribution is -0.150. The topological polar surface area (TPSA) is 63.6 Å². The third kappa shape index (κ3) is 3.18. The zero-order valence-electron chi connectivity index (χ0n) is 14.6. The molecule has 0 saturated heterocycles. The molecule has 2 rings (SSSR count). The molecule has 4 nitrogen and oxygen atoms in total. The van der Waals surface area contributed by atoms with Gasteiger partial charge in [0.2, 0.25) is 0 Å². The highest BCUT2D eigenvalue weighted by molar-refractivity contribution is 6.01. The first-order valence-corrected chi connectivity index (χ1v) is 8.01. The number of aliphatic hydroxyl groups excluding tert-OH is 1. The number of hydrogen-bond acceptors (Lipinski definition) is 4. The van der Waals surface area contributed by atoms with Gasteiger partial charge in [-0.1, -0.05) is 31.6 Å². The summed E-state index contributed by atoms with van der Waals surface area (Å²) in [6.07, 6.45) is 1.97. The van der Waals surface area contributed by atoms with Crippen molar-refractivity contribution < 1.29 is 19.4 Å². The van der Waals surface area contributed by atoms with Gasteiger partial charge in [0.15, 0.2) is 5.78 Å². The highest BCUT2D eigenvalue weighted by Crippen LogP contribution is 2.60. The van der Waals surface area contributed by atoms with E-state index in [1.807, 2.05) is 13.8 Å². The van der Waals surface area contributed by atoms with Gasteiger partial charge in [0.05, 0.1) is 12.3 Å². The third-order valence-corrected chi connectivity index (χ3v) is 5.03. The molecule has 0 bridgehead atoms. The maximum Gasteiger partial charge on any atom is 0.310 e. The lowest BCUT2D eigenvalue weighted by Crippen LogP contribution is -2.20. The van der Waals surface area contributed by atoms with Crippen LogP contribution in [0.2, 0.25) is 0 Å². The van der Waals surface area contributed by atoms with E-state index in [4.69, 9.17) is 4.74 Å². The Balaban J connectivity index is 2.11. The SMILES string of the molecule is C=C[C@H](O)C1=C(C)[C@@H](OC(=O)[C@@H]2[C@@H](C=C(C)C)C2(C)C)CC1=O. The molecule has 1 saturated carbocycles. The molecule has 2 aliphatic carbocycles. The number of ketones is 1.